The fourth-order valence-corrected chi connectivity index (χ4v) is 6.40. The molecule has 0 fully saturated rings. The maximum atomic E-state index is 5.58. The van der Waals surface area contributed by atoms with Crippen molar-refractivity contribution in [1.82, 2.24) is 4.98 Å². The van der Waals surface area contributed by atoms with Crippen LogP contribution in [0.1, 0.15) is 71.4 Å². The molecule has 0 atom stereocenters. The lowest BCUT2D eigenvalue weighted by atomic mass is 9.65. The van der Waals surface area contributed by atoms with E-state index < -0.39 is 5.41 Å². The Kier molecular flexibility index (Phi) is 5.88. The van der Waals surface area contributed by atoms with E-state index in [1.165, 1.54) is 50.7 Å². The van der Waals surface area contributed by atoms with Crippen LogP contribution in [0.25, 0.3) is 0 Å². The molecule has 5 rings (SSSR count). The van der Waals surface area contributed by atoms with Gasteiger partial charge in [-0.05, 0) is 56.7 Å². The molecule has 3 aromatic carbocycles. The predicted octanol–water partition coefficient (Wildman–Crippen LogP) is 7.98. The first-order chi connectivity index (χ1) is 16.0. The van der Waals surface area contributed by atoms with Crippen molar-refractivity contribution in [3.63, 3.8) is 0 Å². The summed E-state index contributed by atoms with van der Waals surface area (Å²) in [5.74, 6) is 0. The summed E-state index contributed by atoms with van der Waals surface area (Å²) in [6.07, 6.45) is 4.77. The van der Waals surface area contributed by atoms with Gasteiger partial charge in [0.15, 0.2) is 0 Å². The summed E-state index contributed by atoms with van der Waals surface area (Å²) in [6.45, 7) is 6.88. The van der Waals surface area contributed by atoms with Crippen LogP contribution >= 0.6 is 11.3 Å². The van der Waals surface area contributed by atoms with Crippen LogP contribution in [0, 0.1) is 0 Å². The smallest absolute Gasteiger partial charge is 0.200 e. The Morgan fingerprint density at radius 2 is 1.09 bits per heavy atom. The molecule has 0 bridgehead atoms. The van der Waals surface area contributed by atoms with Gasteiger partial charge in [-0.2, -0.15) is 4.98 Å². The Labute approximate surface area is 202 Å². The fraction of sp³-hybridized carbons (Fsp3) is 0.290. The zero-order chi connectivity index (χ0) is 22.9. The number of hydrogen-bond donors (Lipinski definition) is 0. The Hall–Kier alpha value is -2.84. The van der Waals surface area contributed by atoms with Crippen LogP contribution in [-0.4, -0.2) is 4.98 Å². The molecule has 33 heavy (non-hydrogen) atoms. The predicted molar refractivity (Wildman–Crippen MR) is 140 cm³/mol. The van der Waals surface area contributed by atoms with Crippen molar-refractivity contribution in [2.45, 2.75) is 57.3 Å². The van der Waals surface area contributed by atoms with Gasteiger partial charge in [-0.1, -0.05) is 91.0 Å². The third-order valence-corrected chi connectivity index (χ3v) is 8.35. The van der Waals surface area contributed by atoms with E-state index in [4.69, 9.17) is 4.98 Å². The third kappa shape index (κ3) is 3.91. The maximum Gasteiger partial charge on any atom is 0.305 e. The first-order valence-electron chi connectivity index (χ1n) is 12.0. The van der Waals surface area contributed by atoms with Gasteiger partial charge in [0.1, 0.15) is 0 Å². The third-order valence-electron chi connectivity index (χ3n) is 6.75. The van der Waals surface area contributed by atoms with E-state index in [-0.39, 0.29) is 5.41 Å². The van der Waals surface area contributed by atoms with E-state index in [1.54, 1.807) is 0 Å². The normalized spacial score (nSPS) is 14.0. The number of nitrogens with zero attached hydrogens (tertiary/aromatic N) is 1. The van der Waals surface area contributed by atoms with Gasteiger partial charge in [-0.3, -0.25) is 0 Å². The number of rotatable bonds is 4. The quantitative estimate of drug-likeness (QED) is 0.227. The summed E-state index contributed by atoms with van der Waals surface area (Å²) in [6, 6.07) is 33.0. The van der Waals surface area contributed by atoms with Crippen LogP contribution in [0.5, 0.6) is 0 Å². The van der Waals surface area contributed by atoms with E-state index in [9.17, 15) is 0 Å². The maximum absolute atomic E-state index is 5.58. The van der Waals surface area contributed by atoms with Crippen molar-refractivity contribution in [2.24, 2.45) is 0 Å². The molecule has 1 aliphatic carbocycles. The van der Waals surface area contributed by atoms with Crippen LogP contribution in [0.15, 0.2) is 91.0 Å². The highest BCUT2D eigenvalue weighted by Gasteiger charge is 2.45. The Balaban J connectivity index is 1.96. The minimum absolute atomic E-state index is 0.00168. The fourth-order valence-electron chi connectivity index (χ4n) is 5.15. The second-order valence-electron chi connectivity index (χ2n) is 10.1. The zero-order valence-corrected chi connectivity index (χ0v) is 20.7. The summed E-state index contributed by atoms with van der Waals surface area (Å²) < 4.78 is 0. The molecular weight excluding hydrogens is 418 g/mol. The van der Waals surface area contributed by atoms with Crippen LogP contribution in [0.3, 0.4) is 0 Å². The standard InChI is InChI=1S/C31H32NS/c1-30(2,3)29-32-28(26-21-13-14-22-27(26)33-29)31(23-15-7-4-8-16-23,24-17-9-5-10-18-24)25-19-11-6-12-20-25/h4-12,15-20H,13-14,21-22H2,1-3H3/q+1. The van der Waals surface area contributed by atoms with E-state index in [0.717, 1.165) is 12.8 Å². The van der Waals surface area contributed by atoms with Crippen molar-refractivity contribution < 1.29 is 0 Å². The van der Waals surface area contributed by atoms with Gasteiger partial charge < -0.3 is 0 Å². The van der Waals surface area contributed by atoms with Gasteiger partial charge in [0.2, 0.25) is 16.2 Å². The highest BCUT2D eigenvalue weighted by atomic mass is 32.1. The van der Waals surface area contributed by atoms with Gasteiger partial charge in [-0.25, -0.2) is 0 Å². The van der Waals surface area contributed by atoms with Crippen molar-refractivity contribution >= 4 is 11.3 Å². The summed E-state index contributed by atoms with van der Waals surface area (Å²) in [4.78, 5) is 7.11. The Bertz CT molecular complexity index is 1130. The van der Waals surface area contributed by atoms with E-state index in [1.807, 2.05) is 11.3 Å². The van der Waals surface area contributed by atoms with Crippen molar-refractivity contribution in [1.29, 1.82) is 0 Å². The molecule has 1 nitrogen and oxygen atoms in total. The van der Waals surface area contributed by atoms with Gasteiger partial charge in [0.05, 0.1) is 16.5 Å². The minimum atomic E-state index is -0.459. The Morgan fingerprint density at radius 1 is 0.636 bits per heavy atom. The lowest BCUT2D eigenvalue weighted by Gasteiger charge is -2.37. The molecule has 0 N–H and O–H groups in total. The van der Waals surface area contributed by atoms with E-state index >= 15 is 0 Å². The number of benzene rings is 3. The summed E-state index contributed by atoms with van der Waals surface area (Å²) in [7, 11) is 0. The van der Waals surface area contributed by atoms with Crippen molar-refractivity contribution in [3.05, 3.63) is 129 Å². The van der Waals surface area contributed by atoms with Gasteiger partial charge >= 0.3 is 5.01 Å². The summed E-state index contributed by atoms with van der Waals surface area (Å²) >= 11 is 1.94. The molecule has 0 unspecified atom stereocenters. The zero-order valence-electron chi connectivity index (χ0n) is 19.8. The van der Waals surface area contributed by atoms with Crippen LogP contribution < -0.4 is 0 Å². The molecule has 0 spiro atoms. The molecule has 4 aromatic rings. The van der Waals surface area contributed by atoms with Crippen molar-refractivity contribution in [2.75, 3.05) is 0 Å². The molecule has 166 valence electrons. The average Bonchev–Trinajstić information content (AvgIpc) is 2.86. The van der Waals surface area contributed by atoms with E-state index in [0.29, 0.717) is 0 Å². The van der Waals surface area contributed by atoms with Gasteiger partial charge in [0.25, 0.3) is 0 Å². The number of fused-ring (bicyclic) bond motifs is 1. The molecule has 1 aliphatic rings. The summed E-state index contributed by atoms with van der Waals surface area (Å²) in [5, 5.41) is 1.23. The van der Waals surface area contributed by atoms with Crippen LogP contribution in [-0.2, 0) is 23.7 Å². The average molecular weight is 451 g/mol. The van der Waals surface area contributed by atoms with Crippen LogP contribution in [0.2, 0.25) is 0 Å². The largest absolute Gasteiger partial charge is 0.305 e. The number of aromatic nitrogens is 1. The second kappa shape index (κ2) is 8.83. The number of hydrogen-bond acceptors (Lipinski definition) is 1. The van der Waals surface area contributed by atoms with E-state index in [2.05, 4.69) is 112 Å². The molecule has 0 saturated heterocycles. The molecular formula is C31H32NS+. The van der Waals surface area contributed by atoms with Crippen LogP contribution in [0.4, 0.5) is 0 Å². The second-order valence-corrected chi connectivity index (χ2v) is 11.2. The van der Waals surface area contributed by atoms with Gasteiger partial charge in [-0.15, -0.1) is 0 Å². The SMILES string of the molecule is CC(C)(C)c1nc(C(c2ccccc2)(c2ccccc2)c2ccccc2)c2c([s+]1)CCCC2. The Morgan fingerprint density at radius 3 is 1.55 bits per heavy atom. The van der Waals surface area contributed by atoms with Crippen molar-refractivity contribution in [3.8, 4) is 0 Å². The highest BCUT2D eigenvalue weighted by molar-refractivity contribution is 7.11. The first kappa shape index (κ1) is 22.0. The molecule has 0 radical (unpaired) electrons. The lowest BCUT2D eigenvalue weighted by molar-refractivity contribution is 0.567. The molecule has 0 saturated carbocycles. The molecule has 2 heteroatoms. The minimum Gasteiger partial charge on any atom is -0.200 e. The molecule has 0 aliphatic heterocycles. The molecule has 1 heterocycles. The first-order valence-corrected chi connectivity index (χ1v) is 12.9. The molecule has 1 aromatic heterocycles. The van der Waals surface area contributed by atoms with Gasteiger partial charge in [0, 0.05) is 12.0 Å². The monoisotopic (exact) mass is 450 g/mol. The topological polar surface area (TPSA) is 12.9 Å². The molecule has 0 amide bonds. The lowest BCUT2D eigenvalue weighted by Crippen LogP contribution is -2.35. The highest BCUT2D eigenvalue weighted by Crippen LogP contribution is 2.48. The number of aryl methyl sites for hydroxylation is 1. The summed E-state index contributed by atoms with van der Waals surface area (Å²) in [5.41, 5.74) is 6.07.